The minimum absolute atomic E-state index is 0.146. The van der Waals surface area contributed by atoms with Crippen LogP contribution < -0.4 is 5.32 Å². The van der Waals surface area contributed by atoms with E-state index in [0.717, 1.165) is 27.1 Å². The molecule has 9 heteroatoms. The molecule has 9 nitrogen and oxygen atoms in total. The minimum atomic E-state index is -0.522. The summed E-state index contributed by atoms with van der Waals surface area (Å²) < 4.78 is 0. The second kappa shape index (κ2) is 7.32. The van der Waals surface area contributed by atoms with Crippen LogP contribution >= 0.6 is 0 Å². The number of amides is 1. The molecule has 0 spiro atoms. The van der Waals surface area contributed by atoms with Gasteiger partial charge in [0.2, 0.25) is 11.7 Å². The predicted octanol–water partition coefficient (Wildman–Crippen LogP) is 2.81. The molecule has 1 heterocycles. The molecular weight excluding hydrogens is 348 g/mol. The third kappa shape index (κ3) is 3.97. The fourth-order valence-corrected chi connectivity index (χ4v) is 2.61. The molecule has 0 aliphatic heterocycles. The maximum atomic E-state index is 12.3. The number of hydrogen-bond acceptors (Lipinski definition) is 6. The largest absolute Gasteiger partial charge is 0.319 e. The summed E-state index contributed by atoms with van der Waals surface area (Å²) in [5, 5.41) is 25.9. The molecule has 0 unspecified atom stereocenters. The van der Waals surface area contributed by atoms with Gasteiger partial charge in [-0.2, -0.15) is 4.80 Å². The third-order valence-corrected chi connectivity index (χ3v) is 4.21. The summed E-state index contributed by atoms with van der Waals surface area (Å²) in [7, 11) is 0. The highest BCUT2D eigenvalue weighted by Crippen LogP contribution is 2.28. The summed E-state index contributed by atoms with van der Waals surface area (Å²) in [4.78, 5) is 24.2. The van der Waals surface area contributed by atoms with Gasteiger partial charge in [-0.1, -0.05) is 24.3 Å². The Balaban J connectivity index is 1.77. The van der Waals surface area contributed by atoms with Crippen molar-refractivity contribution in [2.75, 3.05) is 5.32 Å². The van der Waals surface area contributed by atoms with Crippen molar-refractivity contribution < 1.29 is 9.72 Å². The van der Waals surface area contributed by atoms with Crippen LogP contribution in [0.3, 0.4) is 0 Å². The van der Waals surface area contributed by atoms with Gasteiger partial charge in [0, 0.05) is 11.6 Å². The van der Waals surface area contributed by atoms with Crippen LogP contribution in [0.25, 0.3) is 11.4 Å². The lowest BCUT2D eigenvalue weighted by atomic mass is 10.1. The van der Waals surface area contributed by atoms with E-state index in [0.29, 0.717) is 5.82 Å². The predicted molar refractivity (Wildman–Crippen MR) is 99.2 cm³/mol. The molecule has 0 atom stereocenters. The smallest absolute Gasteiger partial charge is 0.293 e. The number of nitro benzene ring substituents is 1. The number of nitrogens with zero attached hydrogens (tertiary/aromatic N) is 5. The molecule has 0 fully saturated rings. The summed E-state index contributed by atoms with van der Waals surface area (Å²) in [6, 6.07) is 10.6. The second-order valence-electron chi connectivity index (χ2n) is 6.22. The number of aromatic nitrogens is 4. The maximum absolute atomic E-state index is 12.3. The molecule has 0 radical (unpaired) electrons. The standard InChI is InChI=1S/C18H18N6O3/c1-11-6-4-5-7-14(11)18-20-22-23(21-18)10-17(25)19-15-8-12(2)13(3)9-16(15)24(26)27/h4-9H,10H2,1-3H3,(H,19,25). The molecule has 1 amide bonds. The summed E-state index contributed by atoms with van der Waals surface area (Å²) in [5.41, 5.74) is 3.43. The molecular formula is C18H18N6O3. The number of rotatable bonds is 5. The van der Waals surface area contributed by atoms with Gasteiger partial charge >= 0.3 is 0 Å². The van der Waals surface area contributed by atoms with E-state index < -0.39 is 10.8 Å². The van der Waals surface area contributed by atoms with Gasteiger partial charge in [0.1, 0.15) is 12.2 Å². The van der Waals surface area contributed by atoms with E-state index in [1.165, 1.54) is 6.07 Å². The van der Waals surface area contributed by atoms with E-state index in [1.54, 1.807) is 13.0 Å². The number of tetrazole rings is 1. The monoisotopic (exact) mass is 366 g/mol. The zero-order valence-electron chi connectivity index (χ0n) is 15.1. The maximum Gasteiger partial charge on any atom is 0.293 e. The molecule has 138 valence electrons. The van der Waals surface area contributed by atoms with Gasteiger partial charge in [0.05, 0.1) is 4.92 Å². The van der Waals surface area contributed by atoms with Gasteiger partial charge in [-0.25, -0.2) is 0 Å². The molecule has 2 aromatic carbocycles. The Morgan fingerprint density at radius 3 is 2.56 bits per heavy atom. The van der Waals surface area contributed by atoms with E-state index in [-0.39, 0.29) is 17.9 Å². The molecule has 0 aliphatic carbocycles. The van der Waals surface area contributed by atoms with E-state index in [2.05, 4.69) is 20.7 Å². The van der Waals surface area contributed by atoms with E-state index in [4.69, 9.17) is 0 Å². The summed E-state index contributed by atoms with van der Waals surface area (Å²) in [6.45, 7) is 5.33. The number of carbonyl (C=O) groups is 1. The molecule has 27 heavy (non-hydrogen) atoms. The molecule has 1 N–H and O–H groups in total. The lowest BCUT2D eigenvalue weighted by molar-refractivity contribution is -0.384. The van der Waals surface area contributed by atoms with Crippen molar-refractivity contribution in [1.82, 2.24) is 20.2 Å². The zero-order chi connectivity index (χ0) is 19.6. The lowest BCUT2D eigenvalue weighted by Gasteiger charge is -2.08. The highest BCUT2D eigenvalue weighted by Gasteiger charge is 2.18. The number of aryl methyl sites for hydroxylation is 3. The first-order valence-corrected chi connectivity index (χ1v) is 8.24. The Hall–Kier alpha value is -3.62. The highest BCUT2D eigenvalue weighted by molar-refractivity contribution is 5.93. The number of nitro groups is 1. The van der Waals surface area contributed by atoms with Crippen LogP contribution in [0.2, 0.25) is 0 Å². The fourth-order valence-electron chi connectivity index (χ4n) is 2.61. The summed E-state index contributed by atoms with van der Waals surface area (Å²) in [6.07, 6.45) is 0. The topological polar surface area (TPSA) is 116 Å². The Morgan fingerprint density at radius 2 is 1.85 bits per heavy atom. The molecule has 3 rings (SSSR count). The van der Waals surface area contributed by atoms with Crippen LogP contribution in [-0.4, -0.2) is 31.0 Å². The molecule has 0 bridgehead atoms. The third-order valence-electron chi connectivity index (χ3n) is 4.21. The van der Waals surface area contributed by atoms with Crippen molar-refractivity contribution in [3.63, 3.8) is 0 Å². The fraction of sp³-hybridized carbons (Fsp3) is 0.222. The van der Waals surface area contributed by atoms with Crippen LogP contribution in [0.5, 0.6) is 0 Å². The van der Waals surface area contributed by atoms with Gasteiger partial charge in [-0.3, -0.25) is 14.9 Å². The molecule has 1 aromatic heterocycles. The van der Waals surface area contributed by atoms with Crippen LogP contribution in [0.4, 0.5) is 11.4 Å². The zero-order valence-corrected chi connectivity index (χ0v) is 15.1. The molecule has 0 saturated carbocycles. The first kappa shape index (κ1) is 18.2. The minimum Gasteiger partial charge on any atom is -0.319 e. The van der Waals surface area contributed by atoms with Crippen molar-refractivity contribution in [2.45, 2.75) is 27.3 Å². The molecule has 0 saturated heterocycles. The van der Waals surface area contributed by atoms with Crippen molar-refractivity contribution in [1.29, 1.82) is 0 Å². The average molecular weight is 366 g/mol. The average Bonchev–Trinajstić information content (AvgIpc) is 3.06. The summed E-state index contributed by atoms with van der Waals surface area (Å²) in [5.74, 6) is -0.0619. The van der Waals surface area contributed by atoms with Crippen LogP contribution in [0.1, 0.15) is 16.7 Å². The Kier molecular flexibility index (Phi) is 4.93. The van der Waals surface area contributed by atoms with E-state index in [1.807, 2.05) is 38.1 Å². The van der Waals surface area contributed by atoms with Gasteiger partial charge in [0.15, 0.2) is 0 Å². The number of benzene rings is 2. The SMILES string of the molecule is Cc1cc(NC(=O)Cn2nnc(-c3ccccc3C)n2)c([N+](=O)[O-])cc1C. The van der Waals surface area contributed by atoms with Gasteiger partial charge < -0.3 is 5.32 Å². The van der Waals surface area contributed by atoms with Gasteiger partial charge in [-0.05, 0) is 48.7 Å². The Labute approximate surface area is 155 Å². The van der Waals surface area contributed by atoms with Crippen LogP contribution in [0, 0.1) is 30.9 Å². The Bertz CT molecular complexity index is 1030. The number of nitrogens with one attached hydrogen (secondary N) is 1. The first-order valence-electron chi connectivity index (χ1n) is 8.24. The summed E-state index contributed by atoms with van der Waals surface area (Å²) >= 11 is 0. The van der Waals surface area contributed by atoms with Crippen LogP contribution in [-0.2, 0) is 11.3 Å². The second-order valence-corrected chi connectivity index (χ2v) is 6.22. The quantitative estimate of drug-likeness (QED) is 0.548. The number of hydrogen-bond donors (Lipinski definition) is 1. The molecule has 3 aromatic rings. The van der Waals surface area contributed by atoms with Crippen molar-refractivity contribution in [3.8, 4) is 11.4 Å². The molecule has 0 aliphatic rings. The van der Waals surface area contributed by atoms with E-state index >= 15 is 0 Å². The van der Waals surface area contributed by atoms with Crippen molar-refractivity contribution >= 4 is 17.3 Å². The normalized spacial score (nSPS) is 10.6. The van der Waals surface area contributed by atoms with E-state index in [9.17, 15) is 14.9 Å². The number of carbonyl (C=O) groups excluding carboxylic acids is 1. The van der Waals surface area contributed by atoms with Crippen LogP contribution in [0.15, 0.2) is 36.4 Å². The Morgan fingerprint density at radius 1 is 1.15 bits per heavy atom. The van der Waals surface area contributed by atoms with Crippen molar-refractivity contribution in [3.05, 3.63) is 63.2 Å². The van der Waals surface area contributed by atoms with Gasteiger partial charge in [-0.15, -0.1) is 10.2 Å². The number of anilines is 1. The van der Waals surface area contributed by atoms with Gasteiger partial charge in [0.25, 0.3) is 5.69 Å². The lowest BCUT2D eigenvalue weighted by Crippen LogP contribution is -2.21. The first-order chi connectivity index (χ1) is 12.8. The van der Waals surface area contributed by atoms with Crippen molar-refractivity contribution in [2.24, 2.45) is 0 Å². The highest BCUT2D eigenvalue weighted by atomic mass is 16.6.